The summed E-state index contributed by atoms with van der Waals surface area (Å²) >= 11 is 1.84. The van der Waals surface area contributed by atoms with Crippen LogP contribution in [0, 0.1) is 13.8 Å². The third-order valence-corrected chi connectivity index (χ3v) is 4.95. The molecule has 1 atom stereocenters. The molecule has 0 bridgehead atoms. The van der Waals surface area contributed by atoms with E-state index >= 15 is 0 Å². The summed E-state index contributed by atoms with van der Waals surface area (Å²) in [5.74, 6) is 0.239. The fourth-order valence-electron chi connectivity index (χ4n) is 2.78. The highest BCUT2D eigenvalue weighted by Crippen LogP contribution is 2.22. The van der Waals surface area contributed by atoms with Crippen LogP contribution in [0.5, 0.6) is 0 Å². The van der Waals surface area contributed by atoms with E-state index in [1.165, 1.54) is 15.3 Å². The number of nitrogens with zero attached hydrogens (tertiary/aromatic N) is 1. The number of aryl methyl sites for hydroxylation is 3. The van der Waals surface area contributed by atoms with Gasteiger partial charge in [-0.3, -0.25) is 4.79 Å². The van der Waals surface area contributed by atoms with Crippen molar-refractivity contribution >= 4 is 29.7 Å². The zero-order chi connectivity index (χ0) is 15.2. The Morgan fingerprint density at radius 3 is 2.91 bits per heavy atom. The van der Waals surface area contributed by atoms with E-state index < -0.39 is 0 Å². The van der Waals surface area contributed by atoms with Gasteiger partial charge in [0.2, 0.25) is 5.91 Å². The molecule has 126 valence electrons. The predicted molar refractivity (Wildman–Crippen MR) is 94.0 cm³/mol. The fourth-order valence-corrected chi connectivity index (χ4v) is 3.76. The number of amides is 1. The van der Waals surface area contributed by atoms with Gasteiger partial charge in [0.1, 0.15) is 0 Å². The Bertz CT molecular complexity index is 479. The third-order valence-electron chi connectivity index (χ3n) is 3.95. The van der Waals surface area contributed by atoms with Crippen molar-refractivity contribution in [2.75, 3.05) is 26.2 Å². The Labute approximate surface area is 143 Å². The number of rotatable bonds is 5. The Morgan fingerprint density at radius 2 is 2.27 bits per heavy atom. The van der Waals surface area contributed by atoms with Crippen LogP contribution in [0.1, 0.15) is 34.6 Å². The van der Waals surface area contributed by atoms with E-state index in [0.717, 1.165) is 25.8 Å². The quantitative estimate of drug-likeness (QED) is 0.891. The van der Waals surface area contributed by atoms with Crippen LogP contribution < -0.4 is 5.73 Å². The molecule has 1 aliphatic heterocycles. The van der Waals surface area contributed by atoms with Crippen LogP contribution in [0.15, 0.2) is 6.07 Å². The van der Waals surface area contributed by atoms with Crippen LogP contribution in [0.2, 0.25) is 0 Å². The molecule has 1 amide bonds. The van der Waals surface area contributed by atoms with Gasteiger partial charge in [0.05, 0.1) is 6.10 Å². The van der Waals surface area contributed by atoms with Gasteiger partial charge in [-0.2, -0.15) is 0 Å². The fraction of sp³-hybridized carbons (Fsp3) is 0.688. The molecule has 1 aromatic rings. The lowest BCUT2D eigenvalue weighted by molar-refractivity contribution is -0.132. The van der Waals surface area contributed by atoms with Gasteiger partial charge in [-0.05, 0) is 44.7 Å². The SMILES string of the molecule is Cc1cc(CCCC(=O)N2CCCOC(CN)C2)c(C)s1.Cl. The molecule has 1 fully saturated rings. The molecule has 0 spiro atoms. The average Bonchev–Trinajstić information content (AvgIpc) is 2.68. The lowest BCUT2D eigenvalue weighted by Gasteiger charge is -2.23. The number of ether oxygens (including phenoxy) is 1. The second-order valence-electron chi connectivity index (χ2n) is 5.71. The number of thiophene rings is 1. The molecule has 1 aromatic heterocycles. The molecule has 0 aromatic carbocycles. The van der Waals surface area contributed by atoms with Crippen molar-refractivity contribution in [2.24, 2.45) is 5.73 Å². The second kappa shape index (κ2) is 9.50. The van der Waals surface area contributed by atoms with E-state index in [1.807, 2.05) is 16.2 Å². The highest BCUT2D eigenvalue weighted by atomic mass is 35.5. The molecule has 4 nitrogen and oxygen atoms in total. The summed E-state index contributed by atoms with van der Waals surface area (Å²) in [5.41, 5.74) is 7.06. The van der Waals surface area contributed by atoms with Crippen molar-refractivity contribution < 1.29 is 9.53 Å². The van der Waals surface area contributed by atoms with Crippen LogP contribution in [0.25, 0.3) is 0 Å². The summed E-state index contributed by atoms with van der Waals surface area (Å²) in [7, 11) is 0. The van der Waals surface area contributed by atoms with Gasteiger partial charge < -0.3 is 15.4 Å². The molecule has 0 radical (unpaired) electrons. The third kappa shape index (κ3) is 5.54. The number of carbonyl (C=O) groups is 1. The topological polar surface area (TPSA) is 55.6 Å². The summed E-state index contributed by atoms with van der Waals surface area (Å²) in [6.45, 7) is 6.93. The van der Waals surface area contributed by atoms with Gasteiger partial charge in [0.25, 0.3) is 0 Å². The van der Waals surface area contributed by atoms with Crippen LogP contribution in [0.3, 0.4) is 0 Å². The lowest BCUT2D eigenvalue weighted by Crippen LogP contribution is -2.39. The predicted octanol–water partition coefficient (Wildman–Crippen LogP) is 2.69. The van der Waals surface area contributed by atoms with E-state index in [9.17, 15) is 4.79 Å². The van der Waals surface area contributed by atoms with Gasteiger partial charge in [-0.25, -0.2) is 0 Å². The van der Waals surface area contributed by atoms with E-state index in [-0.39, 0.29) is 24.4 Å². The van der Waals surface area contributed by atoms with Gasteiger partial charge >= 0.3 is 0 Å². The Morgan fingerprint density at radius 1 is 1.50 bits per heavy atom. The molecule has 1 aliphatic rings. The number of hydrogen-bond acceptors (Lipinski definition) is 4. The first-order valence-electron chi connectivity index (χ1n) is 7.75. The molecule has 2 rings (SSSR count). The summed E-state index contributed by atoms with van der Waals surface area (Å²) in [5, 5.41) is 0. The van der Waals surface area contributed by atoms with Crippen LogP contribution in [-0.4, -0.2) is 43.2 Å². The van der Waals surface area contributed by atoms with Crippen molar-refractivity contribution in [1.29, 1.82) is 0 Å². The summed E-state index contributed by atoms with van der Waals surface area (Å²) in [4.78, 5) is 17.0. The van der Waals surface area contributed by atoms with Gasteiger partial charge in [-0.1, -0.05) is 0 Å². The van der Waals surface area contributed by atoms with E-state index in [2.05, 4.69) is 19.9 Å². The first kappa shape index (κ1) is 19.4. The van der Waals surface area contributed by atoms with Crippen molar-refractivity contribution in [1.82, 2.24) is 4.90 Å². The van der Waals surface area contributed by atoms with Gasteiger partial charge in [-0.15, -0.1) is 23.7 Å². The van der Waals surface area contributed by atoms with E-state index in [1.54, 1.807) is 0 Å². The average molecular weight is 347 g/mol. The first-order valence-corrected chi connectivity index (χ1v) is 8.57. The molecule has 2 heterocycles. The maximum atomic E-state index is 12.3. The summed E-state index contributed by atoms with van der Waals surface area (Å²) in [6, 6.07) is 2.24. The van der Waals surface area contributed by atoms with E-state index in [0.29, 0.717) is 26.1 Å². The van der Waals surface area contributed by atoms with Crippen molar-refractivity contribution in [3.63, 3.8) is 0 Å². The van der Waals surface area contributed by atoms with Crippen molar-refractivity contribution in [3.05, 3.63) is 21.4 Å². The molecule has 2 N–H and O–H groups in total. The zero-order valence-corrected chi connectivity index (χ0v) is 15.1. The standard InChI is InChI=1S/C16H26N2O2S.ClH/c1-12-9-14(13(2)21-12)5-3-6-16(19)18-7-4-8-20-15(10-17)11-18;/h9,15H,3-8,10-11,17H2,1-2H3;1H. The van der Waals surface area contributed by atoms with Crippen molar-refractivity contribution in [3.8, 4) is 0 Å². The van der Waals surface area contributed by atoms with Crippen molar-refractivity contribution in [2.45, 2.75) is 45.6 Å². The molecule has 6 heteroatoms. The van der Waals surface area contributed by atoms with Gasteiger partial charge in [0.15, 0.2) is 0 Å². The molecule has 1 unspecified atom stereocenters. The highest BCUT2D eigenvalue weighted by molar-refractivity contribution is 7.12. The molecule has 22 heavy (non-hydrogen) atoms. The zero-order valence-electron chi connectivity index (χ0n) is 13.5. The smallest absolute Gasteiger partial charge is 0.222 e. The summed E-state index contributed by atoms with van der Waals surface area (Å²) < 4.78 is 5.61. The van der Waals surface area contributed by atoms with E-state index in [4.69, 9.17) is 10.5 Å². The molecular weight excluding hydrogens is 320 g/mol. The maximum absolute atomic E-state index is 12.3. The normalized spacial score (nSPS) is 18.7. The van der Waals surface area contributed by atoms with Crippen LogP contribution >= 0.6 is 23.7 Å². The van der Waals surface area contributed by atoms with Crippen LogP contribution in [-0.2, 0) is 16.0 Å². The number of hydrogen-bond donors (Lipinski definition) is 1. The minimum absolute atomic E-state index is 0. The number of halogens is 1. The Hall–Kier alpha value is -0.620. The summed E-state index contributed by atoms with van der Waals surface area (Å²) in [6.07, 6.45) is 3.43. The Balaban J connectivity index is 0.00000242. The minimum atomic E-state index is -0.00165. The molecule has 1 saturated heterocycles. The highest BCUT2D eigenvalue weighted by Gasteiger charge is 2.21. The van der Waals surface area contributed by atoms with Crippen LogP contribution in [0.4, 0.5) is 0 Å². The number of carbonyl (C=O) groups excluding carboxylic acids is 1. The minimum Gasteiger partial charge on any atom is -0.375 e. The first-order chi connectivity index (χ1) is 10.1. The molecular formula is C16H27ClN2O2S. The largest absolute Gasteiger partial charge is 0.375 e. The second-order valence-corrected chi connectivity index (χ2v) is 7.17. The molecule has 0 saturated carbocycles. The monoisotopic (exact) mass is 346 g/mol. The maximum Gasteiger partial charge on any atom is 0.222 e. The van der Waals surface area contributed by atoms with Gasteiger partial charge in [0, 0.05) is 42.4 Å². The lowest BCUT2D eigenvalue weighted by atomic mass is 10.1. The Kier molecular flexibility index (Phi) is 8.39. The number of nitrogens with two attached hydrogens (primary N) is 1. The molecule has 0 aliphatic carbocycles.